The molecule has 1 atom stereocenters. The Morgan fingerprint density at radius 2 is 2.06 bits per heavy atom. The smallest absolute Gasteiger partial charge is 0.337 e. The number of carboxylic acid groups (broad SMARTS) is 1. The zero-order chi connectivity index (χ0) is 12.3. The van der Waals surface area contributed by atoms with Crippen molar-refractivity contribution in [2.45, 2.75) is 19.4 Å². The minimum Gasteiger partial charge on any atom is -0.479 e. The molecule has 0 fully saturated rings. The third-order valence-corrected chi connectivity index (χ3v) is 2.37. The van der Waals surface area contributed by atoms with Crippen molar-refractivity contribution < 1.29 is 19.8 Å². The molecular formula is C11H11ClO4. The Balaban J connectivity index is 3.00. The molecule has 0 heterocycles. The highest BCUT2D eigenvalue weighted by atomic mass is 35.5. The molecule has 0 radical (unpaired) electrons. The number of hydrogen-bond acceptors (Lipinski definition) is 3. The fourth-order valence-electron chi connectivity index (χ4n) is 1.32. The molecule has 1 unspecified atom stereocenters. The Morgan fingerprint density at radius 3 is 2.50 bits per heavy atom. The highest BCUT2D eigenvalue weighted by molar-refractivity contribution is 6.31. The maximum absolute atomic E-state index is 10.9. The second kappa shape index (κ2) is 5.09. The molecule has 0 aromatic heterocycles. The van der Waals surface area contributed by atoms with Gasteiger partial charge in [-0.2, -0.15) is 0 Å². The monoisotopic (exact) mass is 242 g/mol. The lowest BCUT2D eigenvalue weighted by atomic mass is 10.0. The molecule has 5 heteroatoms. The standard InChI is InChI=1S/C11H11ClO4/c1-6(13)4-7-2-3-8(9(12)5-7)10(14)11(15)16/h2-3,5,10,14H,4H2,1H3,(H,15,16). The van der Waals surface area contributed by atoms with Crippen molar-refractivity contribution in [3.8, 4) is 0 Å². The number of benzene rings is 1. The molecule has 1 rings (SSSR count). The minimum atomic E-state index is -1.64. The van der Waals surface area contributed by atoms with E-state index in [1.807, 2.05) is 0 Å². The number of rotatable bonds is 4. The number of aliphatic carboxylic acids is 1. The fourth-order valence-corrected chi connectivity index (χ4v) is 1.63. The van der Waals surface area contributed by atoms with Crippen molar-refractivity contribution in [1.82, 2.24) is 0 Å². The van der Waals surface area contributed by atoms with Gasteiger partial charge in [0.05, 0.1) is 0 Å². The molecule has 0 saturated heterocycles. The lowest BCUT2D eigenvalue weighted by Gasteiger charge is -2.09. The third kappa shape index (κ3) is 3.05. The molecule has 1 aromatic carbocycles. The summed E-state index contributed by atoms with van der Waals surface area (Å²) in [7, 11) is 0. The van der Waals surface area contributed by atoms with Gasteiger partial charge < -0.3 is 10.2 Å². The summed E-state index contributed by atoms with van der Waals surface area (Å²) in [5.41, 5.74) is 0.820. The molecule has 0 spiro atoms. The number of aliphatic hydroxyl groups excluding tert-OH is 1. The average molecular weight is 243 g/mol. The van der Waals surface area contributed by atoms with Crippen molar-refractivity contribution in [1.29, 1.82) is 0 Å². The van der Waals surface area contributed by atoms with Gasteiger partial charge in [-0.3, -0.25) is 4.79 Å². The molecular weight excluding hydrogens is 232 g/mol. The highest BCUT2D eigenvalue weighted by Crippen LogP contribution is 2.24. The van der Waals surface area contributed by atoms with Gasteiger partial charge >= 0.3 is 5.97 Å². The Morgan fingerprint density at radius 1 is 1.44 bits per heavy atom. The maximum atomic E-state index is 10.9. The van der Waals surface area contributed by atoms with Crippen molar-refractivity contribution in [3.63, 3.8) is 0 Å². The number of aliphatic hydroxyl groups is 1. The summed E-state index contributed by atoms with van der Waals surface area (Å²) >= 11 is 5.82. The van der Waals surface area contributed by atoms with Crippen molar-refractivity contribution >= 4 is 23.4 Å². The quantitative estimate of drug-likeness (QED) is 0.841. The van der Waals surface area contributed by atoms with Gasteiger partial charge in [0.25, 0.3) is 0 Å². The predicted octanol–water partition coefficient (Wildman–Crippen LogP) is 1.59. The first-order valence-corrected chi connectivity index (χ1v) is 4.98. The third-order valence-electron chi connectivity index (χ3n) is 2.05. The number of carbonyl (C=O) groups is 2. The highest BCUT2D eigenvalue weighted by Gasteiger charge is 2.19. The maximum Gasteiger partial charge on any atom is 0.337 e. The first-order chi connectivity index (χ1) is 7.41. The summed E-state index contributed by atoms with van der Waals surface area (Å²) in [5.74, 6) is -1.37. The summed E-state index contributed by atoms with van der Waals surface area (Å²) in [4.78, 5) is 21.4. The average Bonchev–Trinajstić information content (AvgIpc) is 2.15. The molecule has 2 N–H and O–H groups in total. The van der Waals surface area contributed by atoms with Gasteiger partial charge in [0.1, 0.15) is 5.78 Å². The van der Waals surface area contributed by atoms with Gasteiger partial charge in [0.15, 0.2) is 6.10 Å². The first kappa shape index (κ1) is 12.7. The lowest BCUT2D eigenvalue weighted by Crippen LogP contribution is -2.11. The number of halogens is 1. The normalized spacial score (nSPS) is 12.2. The number of hydrogen-bond donors (Lipinski definition) is 2. The van der Waals surface area contributed by atoms with Crippen LogP contribution in [0.5, 0.6) is 0 Å². The first-order valence-electron chi connectivity index (χ1n) is 4.60. The molecule has 16 heavy (non-hydrogen) atoms. The van der Waals surface area contributed by atoms with Gasteiger partial charge in [0.2, 0.25) is 0 Å². The molecule has 0 amide bonds. The summed E-state index contributed by atoms with van der Waals surface area (Å²) in [5, 5.41) is 18.1. The van der Waals surface area contributed by atoms with Gasteiger partial charge in [-0.05, 0) is 18.6 Å². The molecule has 0 bridgehead atoms. The zero-order valence-corrected chi connectivity index (χ0v) is 9.36. The van der Waals surface area contributed by atoms with E-state index in [9.17, 15) is 14.7 Å². The van der Waals surface area contributed by atoms with Gasteiger partial charge in [0, 0.05) is 17.0 Å². The second-order valence-electron chi connectivity index (χ2n) is 3.48. The summed E-state index contributed by atoms with van der Waals surface area (Å²) in [6, 6.07) is 4.48. The fraction of sp³-hybridized carbons (Fsp3) is 0.273. The topological polar surface area (TPSA) is 74.6 Å². The van der Waals surface area contributed by atoms with Crippen molar-refractivity contribution in [2.24, 2.45) is 0 Å². The van der Waals surface area contributed by atoms with E-state index in [1.54, 1.807) is 6.07 Å². The number of Topliss-reactive ketones (excluding diaryl/α,β-unsaturated/α-hetero) is 1. The van der Waals surface area contributed by atoms with Crippen LogP contribution in [0.2, 0.25) is 5.02 Å². The van der Waals surface area contributed by atoms with E-state index in [1.165, 1.54) is 19.1 Å². The summed E-state index contributed by atoms with van der Waals surface area (Å²) in [6.07, 6.45) is -1.40. The Hall–Kier alpha value is -1.39. The number of carbonyl (C=O) groups excluding carboxylic acids is 1. The van der Waals surface area contributed by atoms with Crippen LogP contribution in [-0.2, 0) is 16.0 Å². The van der Waals surface area contributed by atoms with Crippen LogP contribution in [0.4, 0.5) is 0 Å². The SMILES string of the molecule is CC(=O)Cc1ccc(C(O)C(=O)O)c(Cl)c1. The van der Waals surface area contributed by atoms with E-state index in [0.717, 1.165) is 0 Å². The van der Waals surface area contributed by atoms with Crippen molar-refractivity contribution in [3.05, 3.63) is 34.3 Å². The van der Waals surface area contributed by atoms with E-state index in [-0.39, 0.29) is 22.8 Å². The Bertz CT molecular complexity index is 428. The van der Waals surface area contributed by atoms with Crippen LogP contribution >= 0.6 is 11.6 Å². The van der Waals surface area contributed by atoms with E-state index < -0.39 is 12.1 Å². The van der Waals surface area contributed by atoms with Crippen molar-refractivity contribution in [2.75, 3.05) is 0 Å². The molecule has 0 saturated carbocycles. The zero-order valence-electron chi connectivity index (χ0n) is 8.61. The summed E-state index contributed by atoms with van der Waals surface area (Å²) < 4.78 is 0. The van der Waals surface area contributed by atoms with Gasteiger partial charge in [-0.15, -0.1) is 0 Å². The second-order valence-corrected chi connectivity index (χ2v) is 3.88. The number of carboxylic acids is 1. The number of ketones is 1. The van der Waals surface area contributed by atoms with Gasteiger partial charge in [-0.25, -0.2) is 4.79 Å². The Labute approximate surface area is 97.5 Å². The van der Waals surface area contributed by atoms with E-state index in [0.29, 0.717) is 5.56 Å². The van der Waals surface area contributed by atoms with Crippen LogP contribution in [0.25, 0.3) is 0 Å². The molecule has 0 aliphatic heterocycles. The van der Waals surface area contributed by atoms with Crippen LogP contribution in [0, 0.1) is 0 Å². The van der Waals surface area contributed by atoms with Crippen LogP contribution < -0.4 is 0 Å². The predicted molar refractivity (Wildman–Crippen MR) is 58.4 cm³/mol. The van der Waals surface area contributed by atoms with E-state index >= 15 is 0 Å². The van der Waals surface area contributed by atoms with E-state index in [4.69, 9.17) is 16.7 Å². The Kier molecular flexibility index (Phi) is 4.04. The largest absolute Gasteiger partial charge is 0.479 e. The summed E-state index contributed by atoms with van der Waals surface area (Å²) in [6.45, 7) is 1.45. The van der Waals surface area contributed by atoms with Gasteiger partial charge in [-0.1, -0.05) is 23.7 Å². The van der Waals surface area contributed by atoms with Crippen LogP contribution in [0.15, 0.2) is 18.2 Å². The van der Waals surface area contributed by atoms with E-state index in [2.05, 4.69) is 0 Å². The molecule has 0 aliphatic rings. The molecule has 0 aliphatic carbocycles. The molecule has 1 aromatic rings. The van der Waals surface area contributed by atoms with Crippen LogP contribution in [-0.4, -0.2) is 22.0 Å². The van der Waals surface area contributed by atoms with Crippen LogP contribution in [0.1, 0.15) is 24.2 Å². The van der Waals surface area contributed by atoms with Crippen LogP contribution in [0.3, 0.4) is 0 Å². The molecule has 86 valence electrons. The molecule has 4 nitrogen and oxygen atoms in total. The minimum absolute atomic E-state index is 0.0115. The lowest BCUT2D eigenvalue weighted by molar-refractivity contribution is -0.147.